The van der Waals surface area contributed by atoms with Crippen LogP contribution in [0, 0.1) is 11.8 Å². The van der Waals surface area contributed by atoms with E-state index in [2.05, 4.69) is 5.32 Å². The second kappa shape index (κ2) is 7.56. The van der Waals surface area contributed by atoms with Gasteiger partial charge in [-0.15, -0.1) is 0 Å². The third kappa shape index (κ3) is 5.55. The summed E-state index contributed by atoms with van der Waals surface area (Å²) in [5.41, 5.74) is 0.916. The number of ether oxygens (including phenoxy) is 1. The molecule has 0 bridgehead atoms. The summed E-state index contributed by atoms with van der Waals surface area (Å²) in [4.78, 5) is 23.1. The molecule has 19 heavy (non-hydrogen) atoms. The first-order valence-corrected chi connectivity index (χ1v) is 6.48. The summed E-state index contributed by atoms with van der Waals surface area (Å²) >= 11 is 0. The van der Waals surface area contributed by atoms with Crippen molar-refractivity contribution in [2.75, 3.05) is 6.54 Å². The Labute approximate surface area is 114 Å². The first-order chi connectivity index (χ1) is 9.00. The van der Waals surface area contributed by atoms with E-state index in [1.165, 1.54) is 0 Å². The fourth-order valence-electron chi connectivity index (χ4n) is 1.47. The number of carbonyl (C=O) groups excluding carboxylic acids is 2. The largest absolute Gasteiger partial charge is 0.445 e. The molecule has 1 amide bonds. The Morgan fingerprint density at radius 2 is 1.79 bits per heavy atom. The fourth-order valence-corrected chi connectivity index (χ4v) is 1.47. The van der Waals surface area contributed by atoms with Crippen molar-refractivity contribution in [1.82, 2.24) is 5.32 Å². The molecule has 4 heteroatoms. The molecule has 1 unspecified atom stereocenters. The monoisotopic (exact) mass is 263 g/mol. The third-order valence-corrected chi connectivity index (χ3v) is 3.13. The molecule has 1 aromatic carbocycles. The van der Waals surface area contributed by atoms with Crippen LogP contribution in [0.15, 0.2) is 30.3 Å². The van der Waals surface area contributed by atoms with Gasteiger partial charge in [-0.25, -0.2) is 4.79 Å². The number of ketones is 1. The quantitative estimate of drug-likeness (QED) is 0.858. The molecule has 4 nitrogen and oxygen atoms in total. The Kier molecular flexibility index (Phi) is 6.06. The highest BCUT2D eigenvalue weighted by molar-refractivity contribution is 5.85. The van der Waals surface area contributed by atoms with Crippen molar-refractivity contribution in [3.8, 4) is 0 Å². The summed E-state index contributed by atoms with van der Waals surface area (Å²) in [7, 11) is 0. The van der Waals surface area contributed by atoms with Crippen molar-refractivity contribution in [2.45, 2.75) is 27.4 Å². The molecular formula is C15H21NO3. The molecule has 0 heterocycles. The molecule has 0 radical (unpaired) electrons. The fraction of sp³-hybridized carbons (Fsp3) is 0.467. The number of hydrogen-bond donors (Lipinski definition) is 1. The second-order valence-electron chi connectivity index (χ2n) is 4.91. The van der Waals surface area contributed by atoms with Gasteiger partial charge in [0.2, 0.25) is 0 Å². The Hall–Kier alpha value is -1.84. The van der Waals surface area contributed by atoms with E-state index in [1.807, 2.05) is 51.1 Å². The summed E-state index contributed by atoms with van der Waals surface area (Å²) in [6.45, 7) is 6.06. The average molecular weight is 263 g/mol. The van der Waals surface area contributed by atoms with Gasteiger partial charge in [0.25, 0.3) is 0 Å². The lowest BCUT2D eigenvalue weighted by atomic mass is 9.94. The Bertz CT molecular complexity index is 415. The van der Waals surface area contributed by atoms with Crippen molar-refractivity contribution in [3.05, 3.63) is 35.9 Å². The van der Waals surface area contributed by atoms with E-state index in [9.17, 15) is 9.59 Å². The highest BCUT2D eigenvalue weighted by atomic mass is 16.5. The zero-order chi connectivity index (χ0) is 14.3. The van der Waals surface area contributed by atoms with Gasteiger partial charge in [-0.05, 0) is 11.5 Å². The minimum absolute atomic E-state index is 0.0201. The molecule has 104 valence electrons. The van der Waals surface area contributed by atoms with Crippen LogP contribution in [0.3, 0.4) is 0 Å². The number of carbonyl (C=O) groups is 2. The molecule has 0 fully saturated rings. The lowest BCUT2D eigenvalue weighted by Crippen LogP contribution is -2.33. The number of benzene rings is 1. The Morgan fingerprint density at radius 1 is 1.16 bits per heavy atom. The summed E-state index contributed by atoms with van der Waals surface area (Å²) in [5, 5.41) is 2.48. The van der Waals surface area contributed by atoms with Gasteiger partial charge in [0, 0.05) is 5.92 Å². The molecule has 0 spiro atoms. The van der Waals surface area contributed by atoms with Gasteiger partial charge >= 0.3 is 6.09 Å². The van der Waals surface area contributed by atoms with Crippen molar-refractivity contribution in [2.24, 2.45) is 11.8 Å². The summed E-state index contributed by atoms with van der Waals surface area (Å²) in [5.74, 6) is 0.232. The number of amides is 1. The zero-order valence-electron chi connectivity index (χ0n) is 11.7. The maximum Gasteiger partial charge on any atom is 0.407 e. The molecule has 1 rings (SSSR count). The Balaban J connectivity index is 2.27. The topological polar surface area (TPSA) is 55.4 Å². The van der Waals surface area contributed by atoms with Crippen LogP contribution < -0.4 is 5.32 Å². The van der Waals surface area contributed by atoms with Gasteiger partial charge in [0.05, 0.1) is 6.54 Å². The molecular weight excluding hydrogens is 242 g/mol. The molecule has 0 aliphatic carbocycles. The van der Waals surface area contributed by atoms with E-state index in [0.717, 1.165) is 5.56 Å². The third-order valence-electron chi connectivity index (χ3n) is 3.13. The lowest BCUT2D eigenvalue weighted by Gasteiger charge is -2.14. The second-order valence-corrected chi connectivity index (χ2v) is 4.91. The highest BCUT2D eigenvalue weighted by Gasteiger charge is 2.17. The van der Waals surface area contributed by atoms with Gasteiger partial charge in [-0.3, -0.25) is 4.79 Å². The van der Waals surface area contributed by atoms with Gasteiger partial charge in [-0.1, -0.05) is 51.1 Å². The van der Waals surface area contributed by atoms with E-state index in [-0.39, 0.29) is 30.8 Å². The molecule has 0 saturated heterocycles. The average Bonchev–Trinajstić information content (AvgIpc) is 2.42. The lowest BCUT2D eigenvalue weighted by molar-refractivity contribution is -0.122. The minimum Gasteiger partial charge on any atom is -0.445 e. The number of hydrogen-bond acceptors (Lipinski definition) is 3. The number of nitrogens with one attached hydrogen (secondary N) is 1. The van der Waals surface area contributed by atoms with E-state index in [1.54, 1.807) is 0 Å². The summed E-state index contributed by atoms with van der Waals surface area (Å²) < 4.78 is 5.02. The first-order valence-electron chi connectivity index (χ1n) is 6.48. The van der Waals surface area contributed by atoms with Crippen LogP contribution in [-0.4, -0.2) is 18.4 Å². The van der Waals surface area contributed by atoms with Gasteiger partial charge < -0.3 is 10.1 Å². The maximum atomic E-state index is 11.7. The summed E-state index contributed by atoms with van der Waals surface area (Å²) in [6, 6.07) is 9.41. The molecule has 1 aromatic rings. The molecule has 0 saturated carbocycles. The number of rotatable bonds is 6. The normalized spacial score (nSPS) is 12.0. The van der Waals surface area contributed by atoms with E-state index in [0.29, 0.717) is 0 Å². The van der Waals surface area contributed by atoms with E-state index >= 15 is 0 Å². The van der Waals surface area contributed by atoms with Crippen LogP contribution in [0.1, 0.15) is 26.3 Å². The highest BCUT2D eigenvalue weighted by Crippen LogP contribution is 2.10. The predicted octanol–water partition coefficient (Wildman–Crippen LogP) is 2.77. The molecule has 1 atom stereocenters. The van der Waals surface area contributed by atoms with Crippen LogP contribution >= 0.6 is 0 Å². The van der Waals surface area contributed by atoms with Crippen molar-refractivity contribution < 1.29 is 14.3 Å². The number of Topliss-reactive ketones (excluding diaryl/α,β-unsaturated/α-hetero) is 1. The molecule has 0 aromatic heterocycles. The predicted molar refractivity (Wildman–Crippen MR) is 73.6 cm³/mol. The smallest absolute Gasteiger partial charge is 0.407 e. The van der Waals surface area contributed by atoms with E-state index in [4.69, 9.17) is 4.74 Å². The molecule has 1 N–H and O–H groups in total. The van der Waals surface area contributed by atoms with Gasteiger partial charge in [0.15, 0.2) is 5.78 Å². The molecule has 0 aliphatic heterocycles. The summed E-state index contributed by atoms with van der Waals surface area (Å²) in [6.07, 6.45) is -0.562. The van der Waals surface area contributed by atoms with Crippen LogP contribution in [0.4, 0.5) is 4.79 Å². The van der Waals surface area contributed by atoms with Crippen LogP contribution in [0.25, 0.3) is 0 Å². The van der Waals surface area contributed by atoms with Crippen LogP contribution in [0.2, 0.25) is 0 Å². The SMILES string of the molecule is CC(C)C(C)C(=O)CNC(=O)OCc1ccccc1. The Morgan fingerprint density at radius 3 is 2.37 bits per heavy atom. The maximum absolute atomic E-state index is 11.7. The van der Waals surface area contributed by atoms with Crippen LogP contribution in [-0.2, 0) is 16.1 Å². The first kappa shape index (κ1) is 15.2. The van der Waals surface area contributed by atoms with Gasteiger partial charge in [0.1, 0.15) is 6.61 Å². The van der Waals surface area contributed by atoms with E-state index < -0.39 is 6.09 Å². The van der Waals surface area contributed by atoms with Crippen molar-refractivity contribution >= 4 is 11.9 Å². The van der Waals surface area contributed by atoms with Crippen molar-refractivity contribution in [3.63, 3.8) is 0 Å². The van der Waals surface area contributed by atoms with Gasteiger partial charge in [-0.2, -0.15) is 0 Å². The zero-order valence-corrected chi connectivity index (χ0v) is 11.7. The number of alkyl carbamates (subject to hydrolysis) is 1. The van der Waals surface area contributed by atoms with Crippen LogP contribution in [0.5, 0.6) is 0 Å². The standard InChI is InChI=1S/C15H21NO3/c1-11(2)12(3)14(17)9-16-15(18)19-10-13-7-5-4-6-8-13/h4-8,11-12H,9-10H2,1-3H3,(H,16,18). The molecule has 0 aliphatic rings. The van der Waals surface area contributed by atoms with Crippen molar-refractivity contribution in [1.29, 1.82) is 0 Å². The minimum atomic E-state index is -0.562.